The number of nitrogens with zero attached hydrogens (tertiary/aromatic N) is 2. The molecule has 0 aromatic heterocycles. The molecule has 0 amide bonds. The summed E-state index contributed by atoms with van der Waals surface area (Å²) >= 11 is 0. The number of hydrogen-bond donors (Lipinski definition) is 1. The van der Waals surface area contributed by atoms with Gasteiger partial charge in [-0.1, -0.05) is 12.1 Å². The first-order chi connectivity index (χ1) is 9.06. The van der Waals surface area contributed by atoms with Crippen LogP contribution >= 0.6 is 0 Å². The van der Waals surface area contributed by atoms with Crippen molar-refractivity contribution in [1.82, 2.24) is 10.2 Å². The highest BCUT2D eigenvalue weighted by atomic mass is 16.6. The van der Waals surface area contributed by atoms with Crippen LogP contribution in [-0.2, 0) is 0 Å². The summed E-state index contributed by atoms with van der Waals surface area (Å²) in [4.78, 5) is 12.6. The number of nitro groups is 1. The highest BCUT2D eigenvalue weighted by Crippen LogP contribution is 2.19. The highest BCUT2D eigenvalue weighted by molar-refractivity contribution is 5.34. The van der Waals surface area contributed by atoms with Gasteiger partial charge in [0.1, 0.15) is 0 Å². The van der Waals surface area contributed by atoms with Gasteiger partial charge < -0.3 is 10.2 Å². The summed E-state index contributed by atoms with van der Waals surface area (Å²) in [6.45, 7) is 4.34. The van der Waals surface area contributed by atoms with E-state index in [2.05, 4.69) is 24.2 Å². The van der Waals surface area contributed by atoms with Crippen molar-refractivity contribution in [3.05, 3.63) is 39.9 Å². The van der Waals surface area contributed by atoms with Crippen molar-refractivity contribution in [2.75, 3.05) is 20.1 Å². The predicted octanol–water partition coefficient (Wildman–Crippen LogP) is 2.34. The highest BCUT2D eigenvalue weighted by Gasteiger charge is 2.19. The zero-order chi connectivity index (χ0) is 13.8. The molecule has 104 valence electrons. The van der Waals surface area contributed by atoms with E-state index in [0.29, 0.717) is 6.04 Å². The van der Waals surface area contributed by atoms with E-state index in [0.717, 1.165) is 12.1 Å². The Labute approximate surface area is 113 Å². The van der Waals surface area contributed by atoms with Gasteiger partial charge in [0.05, 0.1) is 4.92 Å². The minimum absolute atomic E-state index is 0.147. The van der Waals surface area contributed by atoms with Crippen LogP contribution in [0.15, 0.2) is 24.3 Å². The third-order valence-electron chi connectivity index (χ3n) is 3.71. The Morgan fingerprint density at radius 1 is 1.42 bits per heavy atom. The van der Waals surface area contributed by atoms with Crippen LogP contribution in [0, 0.1) is 10.1 Å². The van der Waals surface area contributed by atoms with Crippen molar-refractivity contribution in [3.63, 3.8) is 0 Å². The average molecular weight is 263 g/mol. The molecule has 5 nitrogen and oxygen atoms in total. The predicted molar refractivity (Wildman–Crippen MR) is 75.2 cm³/mol. The Kier molecular flexibility index (Phi) is 4.50. The molecule has 2 atom stereocenters. The van der Waals surface area contributed by atoms with Crippen molar-refractivity contribution < 1.29 is 4.92 Å². The second-order valence-corrected chi connectivity index (χ2v) is 5.34. The van der Waals surface area contributed by atoms with E-state index in [1.54, 1.807) is 12.1 Å². The van der Waals surface area contributed by atoms with Crippen molar-refractivity contribution in [2.24, 2.45) is 0 Å². The quantitative estimate of drug-likeness (QED) is 0.669. The first-order valence-corrected chi connectivity index (χ1v) is 6.75. The molecule has 19 heavy (non-hydrogen) atoms. The molecule has 2 rings (SSSR count). The molecule has 1 heterocycles. The van der Waals surface area contributed by atoms with Gasteiger partial charge in [0.2, 0.25) is 0 Å². The molecule has 0 spiro atoms. The van der Waals surface area contributed by atoms with Gasteiger partial charge in [-0.15, -0.1) is 0 Å². The van der Waals surface area contributed by atoms with Crippen molar-refractivity contribution in [3.8, 4) is 0 Å². The fourth-order valence-corrected chi connectivity index (χ4v) is 2.64. The van der Waals surface area contributed by atoms with E-state index < -0.39 is 0 Å². The maximum atomic E-state index is 10.6. The van der Waals surface area contributed by atoms with Gasteiger partial charge in [-0.3, -0.25) is 10.1 Å². The minimum Gasteiger partial charge on any atom is -0.306 e. The standard InChI is InChI=1S/C14H21N3O2/c1-11(15-13-4-3-9-16(2)10-13)12-5-7-14(8-6-12)17(18)19/h5-8,11,13,15H,3-4,9-10H2,1-2H3. The van der Waals surface area contributed by atoms with E-state index in [9.17, 15) is 10.1 Å². The third-order valence-corrected chi connectivity index (χ3v) is 3.71. The Morgan fingerprint density at radius 3 is 2.68 bits per heavy atom. The fraction of sp³-hybridized carbons (Fsp3) is 0.571. The molecule has 5 heteroatoms. The Bertz CT molecular complexity index is 433. The summed E-state index contributed by atoms with van der Waals surface area (Å²) in [6, 6.07) is 7.53. The van der Waals surface area contributed by atoms with Crippen LogP contribution < -0.4 is 5.32 Å². The number of nitrogens with one attached hydrogen (secondary N) is 1. The first kappa shape index (κ1) is 14.0. The summed E-state index contributed by atoms with van der Waals surface area (Å²) < 4.78 is 0. The number of benzene rings is 1. The van der Waals surface area contributed by atoms with Crippen LogP contribution in [-0.4, -0.2) is 36.0 Å². The molecule has 1 aromatic rings. The molecule has 1 N–H and O–H groups in total. The Balaban J connectivity index is 1.95. The van der Waals surface area contributed by atoms with Crippen molar-refractivity contribution in [1.29, 1.82) is 0 Å². The number of non-ortho nitro benzene ring substituents is 1. The van der Waals surface area contributed by atoms with E-state index in [1.807, 2.05) is 12.1 Å². The summed E-state index contributed by atoms with van der Waals surface area (Å²) in [7, 11) is 2.14. The maximum Gasteiger partial charge on any atom is 0.269 e. The minimum atomic E-state index is -0.363. The molecule has 1 saturated heterocycles. The van der Waals surface area contributed by atoms with Crippen LogP contribution in [0.25, 0.3) is 0 Å². The second kappa shape index (κ2) is 6.12. The molecule has 0 aliphatic carbocycles. The summed E-state index contributed by atoms with van der Waals surface area (Å²) in [6.07, 6.45) is 2.42. The van der Waals surface area contributed by atoms with Crippen LogP contribution in [0.2, 0.25) is 0 Å². The lowest BCUT2D eigenvalue weighted by Gasteiger charge is -2.32. The zero-order valence-electron chi connectivity index (χ0n) is 11.5. The normalized spacial score (nSPS) is 22.1. The van der Waals surface area contributed by atoms with E-state index in [1.165, 1.54) is 19.4 Å². The van der Waals surface area contributed by atoms with Crippen LogP contribution in [0.1, 0.15) is 31.4 Å². The first-order valence-electron chi connectivity index (χ1n) is 6.75. The topological polar surface area (TPSA) is 58.4 Å². The van der Waals surface area contributed by atoms with Gasteiger partial charge in [-0.25, -0.2) is 0 Å². The molecule has 2 unspecified atom stereocenters. The lowest BCUT2D eigenvalue weighted by Crippen LogP contribution is -2.44. The lowest BCUT2D eigenvalue weighted by atomic mass is 10.0. The summed E-state index contributed by atoms with van der Waals surface area (Å²) in [5.74, 6) is 0. The molecule has 0 bridgehead atoms. The number of rotatable bonds is 4. The molecule has 0 radical (unpaired) electrons. The number of likely N-dealkylation sites (N-methyl/N-ethyl adjacent to an activating group) is 1. The monoisotopic (exact) mass is 263 g/mol. The van der Waals surface area contributed by atoms with Gasteiger partial charge in [0.15, 0.2) is 0 Å². The molecule has 1 aliphatic heterocycles. The second-order valence-electron chi connectivity index (χ2n) is 5.34. The van der Waals surface area contributed by atoms with E-state index in [4.69, 9.17) is 0 Å². The van der Waals surface area contributed by atoms with Crippen molar-refractivity contribution >= 4 is 5.69 Å². The Hall–Kier alpha value is -1.46. The van der Waals surface area contributed by atoms with Crippen LogP contribution in [0.4, 0.5) is 5.69 Å². The van der Waals surface area contributed by atoms with Gasteiger partial charge in [0.25, 0.3) is 5.69 Å². The van der Waals surface area contributed by atoms with Crippen LogP contribution in [0.3, 0.4) is 0 Å². The third kappa shape index (κ3) is 3.75. The molecule has 1 fully saturated rings. The number of piperidine rings is 1. The largest absolute Gasteiger partial charge is 0.306 e. The molecular weight excluding hydrogens is 242 g/mol. The van der Waals surface area contributed by atoms with E-state index in [-0.39, 0.29) is 16.7 Å². The fourth-order valence-electron chi connectivity index (χ4n) is 2.64. The number of likely N-dealkylation sites (tertiary alicyclic amines) is 1. The summed E-state index contributed by atoms with van der Waals surface area (Å²) in [5.41, 5.74) is 1.24. The van der Waals surface area contributed by atoms with Crippen LogP contribution in [0.5, 0.6) is 0 Å². The van der Waals surface area contributed by atoms with E-state index >= 15 is 0 Å². The molecule has 1 aliphatic rings. The summed E-state index contributed by atoms with van der Waals surface area (Å²) in [5, 5.41) is 14.2. The SMILES string of the molecule is CC(NC1CCCN(C)C1)c1ccc([N+](=O)[O-])cc1. The van der Waals surface area contributed by atoms with Gasteiger partial charge in [-0.05, 0) is 38.9 Å². The number of nitro benzene ring substituents is 1. The lowest BCUT2D eigenvalue weighted by molar-refractivity contribution is -0.384. The maximum absolute atomic E-state index is 10.6. The molecular formula is C14H21N3O2. The zero-order valence-corrected chi connectivity index (χ0v) is 11.5. The molecule has 0 saturated carbocycles. The number of hydrogen-bond acceptors (Lipinski definition) is 4. The van der Waals surface area contributed by atoms with Crippen molar-refractivity contribution in [2.45, 2.75) is 31.8 Å². The van der Waals surface area contributed by atoms with Gasteiger partial charge in [0, 0.05) is 30.8 Å². The molecule has 1 aromatic carbocycles. The average Bonchev–Trinajstić information content (AvgIpc) is 2.39. The Morgan fingerprint density at radius 2 is 2.11 bits per heavy atom. The smallest absolute Gasteiger partial charge is 0.269 e. The van der Waals surface area contributed by atoms with Gasteiger partial charge in [-0.2, -0.15) is 0 Å². The van der Waals surface area contributed by atoms with Gasteiger partial charge >= 0.3 is 0 Å².